The number of aromatic carboxylic acids is 1. The maximum absolute atomic E-state index is 12.1. The molecule has 3 heterocycles. The number of hydrazine groups is 1. The lowest BCUT2D eigenvalue weighted by atomic mass is 10.1. The molecule has 0 atom stereocenters. The highest BCUT2D eigenvalue weighted by atomic mass is 16.4. The summed E-state index contributed by atoms with van der Waals surface area (Å²) in [5.41, 5.74) is 5.92. The van der Waals surface area contributed by atoms with Crippen molar-refractivity contribution < 1.29 is 24.2 Å². The van der Waals surface area contributed by atoms with Crippen LogP contribution in [0.4, 0.5) is 11.7 Å². The predicted octanol–water partition coefficient (Wildman–Crippen LogP) is 3.09. The van der Waals surface area contributed by atoms with Crippen LogP contribution in [-0.4, -0.2) is 33.3 Å². The molecule has 1 aliphatic rings. The summed E-state index contributed by atoms with van der Waals surface area (Å²) in [5, 5.41) is 19.8. The van der Waals surface area contributed by atoms with Gasteiger partial charge in [-0.05, 0) is 30.3 Å². The Balaban J connectivity index is 1.63. The SMILES string of the molecule is O=C(NNc1oc(C=C2C=Nc3ncccc32)c(O)c1C(=O)O)c1ccccc1. The van der Waals surface area contributed by atoms with Crippen molar-refractivity contribution in [3.8, 4) is 5.75 Å². The quantitative estimate of drug-likeness (QED) is 0.491. The third kappa shape index (κ3) is 3.44. The van der Waals surface area contributed by atoms with Crippen LogP contribution in [-0.2, 0) is 0 Å². The Hall–Kier alpha value is -4.40. The van der Waals surface area contributed by atoms with Crippen LogP contribution in [0.1, 0.15) is 32.0 Å². The zero-order chi connectivity index (χ0) is 20.4. The molecular weight excluding hydrogens is 376 g/mol. The number of fused-ring (bicyclic) bond motifs is 1. The van der Waals surface area contributed by atoms with Crippen molar-refractivity contribution in [2.75, 3.05) is 5.43 Å². The molecule has 0 radical (unpaired) electrons. The van der Waals surface area contributed by atoms with Gasteiger partial charge < -0.3 is 14.6 Å². The van der Waals surface area contributed by atoms with E-state index in [1.165, 1.54) is 12.3 Å². The number of hydrogen-bond acceptors (Lipinski definition) is 7. The summed E-state index contributed by atoms with van der Waals surface area (Å²) in [6.45, 7) is 0. The second kappa shape index (κ2) is 7.31. The molecule has 0 unspecified atom stereocenters. The molecule has 1 aliphatic heterocycles. The zero-order valence-corrected chi connectivity index (χ0v) is 14.8. The molecule has 4 rings (SSSR count). The second-order valence-corrected chi connectivity index (χ2v) is 6.00. The number of aliphatic imine (C=N–C) groups is 1. The normalized spacial score (nSPS) is 13.3. The molecule has 0 fully saturated rings. The van der Waals surface area contributed by atoms with E-state index in [0.29, 0.717) is 22.5 Å². The van der Waals surface area contributed by atoms with E-state index in [-0.39, 0.29) is 11.6 Å². The monoisotopic (exact) mass is 390 g/mol. The lowest BCUT2D eigenvalue weighted by Crippen LogP contribution is -2.29. The number of benzene rings is 1. The van der Waals surface area contributed by atoms with E-state index in [4.69, 9.17) is 4.42 Å². The van der Waals surface area contributed by atoms with E-state index in [0.717, 1.165) is 0 Å². The van der Waals surface area contributed by atoms with Gasteiger partial charge in [0.1, 0.15) is 0 Å². The van der Waals surface area contributed by atoms with Crippen molar-refractivity contribution >= 4 is 41.4 Å². The number of nitrogens with one attached hydrogen (secondary N) is 2. The number of amides is 1. The third-order valence-corrected chi connectivity index (χ3v) is 4.16. The Bertz CT molecular complexity index is 1160. The van der Waals surface area contributed by atoms with Gasteiger partial charge in [-0.25, -0.2) is 14.8 Å². The zero-order valence-electron chi connectivity index (χ0n) is 14.8. The van der Waals surface area contributed by atoms with Gasteiger partial charge in [-0.1, -0.05) is 18.2 Å². The highest BCUT2D eigenvalue weighted by Gasteiger charge is 2.26. The fraction of sp³-hybridized carbons (Fsp3) is 0. The van der Waals surface area contributed by atoms with E-state index in [1.807, 2.05) is 0 Å². The van der Waals surface area contributed by atoms with Crippen LogP contribution in [0.3, 0.4) is 0 Å². The van der Waals surface area contributed by atoms with Gasteiger partial charge >= 0.3 is 5.97 Å². The number of carboxylic acids is 1. The predicted molar refractivity (Wildman–Crippen MR) is 105 cm³/mol. The maximum Gasteiger partial charge on any atom is 0.345 e. The highest BCUT2D eigenvalue weighted by Crippen LogP contribution is 2.37. The van der Waals surface area contributed by atoms with E-state index in [2.05, 4.69) is 20.8 Å². The number of aromatic nitrogens is 1. The van der Waals surface area contributed by atoms with Crippen LogP contribution in [0.25, 0.3) is 11.6 Å². The molecule has 4 N–H and O–H groups in total. The van der Waals surface area contributed by atoms with E-state index >= 15 is 0 Å². The summed E-state index contributed by atoms with van der Waals surface area (Å²) in [4.78, 5) is 32.0. The topological polar surface area (TPSA) is 137 Å². The van der Waals surface area contributed by atoms with Crippen LogP contribution in [0, 0.1) is 0 Å². The van der Waals surface area contributed by atoms with Crippen molar-refractivity contribution in [3.05, 3.63) is 71.1 Å². The van der Waals surface area contributed by atoms with Crippen molar-refractivity contribution in [1.82, 2.24) is 10.4 Å². The number of hydrogen-bond donors (Lipinski definition) is 4. The molecule has 0 bridgehead atoms. The van der Waals surface area contributed by atoms with Gasteiger partial charge in [0.25, 0.3) is 5.91 Å². The Morgan fingerprint density at radius 1 is 1.10 bits per heavy atom. The standard InChI is InChI=1S/C20H14N4O5/c25-16-14(9-12-10-22-17-13(12)7-4-8-21-17)29-19(15(16)20(27)28)24-23-18(26)11-5-2-1-3-6-11/h1-10,24-25H,(H,23,26)(H,27,28). The van der Waals surface area contributed by atoms with Gasteiger partial charge in [0, 0.05) is 29.1 Å². The number of furan rings is 1. The summed E-state index contributed by atoms with van der Waals surface area (Å²) in [6.07, 6.45) is 4.58. The molecule has 1 aromatic carbocycles. The van der Waals surface area contributed by atoms with Crippen LogP contribution < -0.4 is 10.9 Å². The summed E-state index contributed by atoms with van der Waals surface area (Å²) in [5.74, 6) is -2.40. The minimum Gasteiger partial charge on any atom is -0.504 e. The largest absolute Gasteiger partial charge is 0.504 e. The third-order valence-electron chi connectivity index (χ3n) is 4.16. The Kier molecular flexibility index (Phi) is 4.54. The van der Waals surface area contributed by atoms with Crippen LogP contribution in [0.2, 0.25) is 0 Å². The van der Waals surface area contributed by atoms with Gasteiger partial charge in [0.05, 0.1) is 0 Å². The molecule has 1 amide bonds. The Morgan fingerprint density at radius 3 is 2.66 bits per heavy atom. The first-order valence-electron chi connectivity index (χ1n) is 8.46. The highest BCUT2D eigenvalue weighted by molar-refractivity contribution is 6.21. The van der Waals surface area contributed by atoms with Gasteiger partial charge in [-0.15, -0.1) is 0 Å². The molecule has 0 aliphatic carbocycles. The van der Waals surface area contributed by atoms with Crippen LogP contribution in [0.5, 0.6) is 5.75 Å². The smallest absolute Gasteiger partial charge is 0.345 e. The number of carboxylic acid groups (broad SMARTS) is 1. The fourth-order valence-electron chi connectivity index (χ4n) is 2.78. The molecule has 144 valence electrons. The molecule has 9 nitrogen and oxygen atoms in total. The summed E-state index contributed by atoms with van der Waals surface area (Å²) >= 11 is 0. The fourth-order valence-corrected chi connectivity index (χ4v) is 2.78. The second-order valence-electron chi connectivity index (χ2n) is 6.00. The minimum absolute atomic E-state index is 0.1000. The average molecular weight is 390 g/mol. The first-order valence-corrected chi connectivity index (χ1v) is 8.46. The van der Waals surface area contributed by atoms with Crippen LogP contribution >= 0.6 is 0 Å². The molecule has 0 saturated carbocycles. The van der Waals surface area contributed by atoms with E-state index in [9.17, 15) is 19.8 Å². The molecule has 3 aromatic rings. The number of nitrogens with zero attached hydrogens (tertiary/aromatic N) is 2. The number of aromatic hydroxyl groups is 1. The van der Waals surface area contributed by atoms with E-state index < -0.39 is 23.2 Å². The van der Waals surface area contributed by atoms with Crippen molar-refractivity contribution in [2.45, 2.75) is 0 Å². The first kappa shape index (κ1) is 18.0. The van der Waals surface area contributed by atoms with Gasteiger partial charge in [0.2, 0.25) is 5.88 Å². The Labute approximate surface area is 164 Å². The molecule has 2 aromatic heterocycles. The summed E-state index contributed by atoms with van der Waals surface area (Å²) in [6, 6.07) is 11.9. The molecule has 0 saturated heterocycles. The van der Waals surface area contributed by atoms with E-state index in [1.54, 1.807) is 48.7 Å². The lowest BCUT2D eigenvalue weighted by Gasteiger charge is -2.06. The van der Waals surface area contributed by atoms with Crippen molar-refractivity contribution in [3.63, 3.8) is 0 Å². The molecule has 29 heavy (non-hydrogen) atoms. The van der Waals surface area contributed by atoms with Crippen LogP contribution in [0.15, 0.2) is 58.1 Å². The maximum atomic E-state index is 12.1. The van der Waals surface area contributed by atoms with Gasteiger partial charge in [-0.3, -0.25) is 15.6 Å². The lowest BCUT2D eigenvalue weighted by molar-refractivity contribution is 0.0693. The molecule has 0 spiro atoms. The number of carbonyl (C=O) groups excluding carboxylic acids is 1. The van der Waals surface area contributed by atoms with Crippen molar-refractivity contribution in [1.29, 1.82) is 0 Å². The number of carbonyl (C=O) groups is 2. The Morgan fingerprint density at radius 2 is 1.90 bits per heavy atom. The van der Waals surface area contributed by atoms with Gasteiger partial charge in [-0.2, -0.15) is 0 Å². The van der Waals surface area contributed by atoms with Crippen molar-refractivity contribution in [2.24, 2.45) is 4.99 Å². The first-order chi connectivity index (χ1) is 14.0. The number of rotatable bonds is 5. The molecule has 9 heteroatoms. The van der Waals surface area contributed by atoms with Gasteiger partial charge in [0.15, 0.2) is 22.9 Å². The number of allylic oxidation sites excluding steroid dienone is 1. The summed E-state index contributed by atoms with van der Waals surface area (Å²) < 4.78 is 5.45. The minimum atomic E-state index is -1.42. The molecular formula is C20H14N4O5. The summed E-state index contributed by atoms with van der Waals surface area (Å²) in [7, 11) is 0. The average Bonchev–Trinajstić information content (AvgIpc) is 3.28. The number of anilines is 1. The number of pyridine rings is 1.